The number of rotatable bonds is 4. The van der Waals surface area contributed by atoms with E-state index < -0.39 is 5.60 Å². The van der Waals surface area contributed by atoms with Gasteiger partial charge in [-0.15, -0.1) is 0 Å². The molecule has 0 bridgehead atoms. The largest absolute Gasteiger partial charge is 0.384 e. The van der Waals surface area contributed by atoms with Gasteiger partial charge in [-0.3, -0.25) is 0 Å². The van der Waals surface area contributed by atoms with Crippen molar-refractivity contribution in [2.75, 3.05) is 18.5 Å². The Kier molecular flexibility index (Phi) is 4.07. The lowest BCUT2D eigenvalue weighted by atomic mass is 9.95. The van der Waals surface area contributed by atoms with Crippen LogP contribution in [0, 0.1) is 11.3 Å². The van der Waals surface area contributed by atoms with Crippen LogP contribution in [0.3, 0.4) is 0 Å². The maximum atomic E-state index is 10.6. The first-order valence-electron chi connectivity index (χ1n) is 6.52. The molecule has 1 atom stereocenters. The summed E-state index contributed by atoms with van der Waals surface area (Å²) in [6, 6.07) is 19.1. The molecule has 0 saturated carbocycles. The monoisotopic (exact) mass is 266 g/mol. The Morgan fingerprint density at radius 1 is 1.15 bits per heavy atom. The topological polar surface area (TPSA) is 47.3 Å². The highest BCUT2D eigenvalue weighted by atomic mass is 16.3. The van der Waals surface area contributed by atoms with Crippen molar-refractivity contribution >= 4 is 5.69 Å². The normalized spacial score (nSPS) is 13.3. The van der Waals surface area contributed by atoms with E-state index in [1.807, 2.05) is 60.5 Å². The van der Waals surface area contributed by atoms with Gasteiger partial charge in [-0.05, 0) is 30.7 Å². The fourth-order valence-corrected chi connectivity index (χ4v) is 2.25. The van der Waals surface area contributed by atoms with E-state index in [4.69, 9.17) is 5.26 Å². The second-order valence-corrected chi connectivity index (χ2v) is 5.16. The van der Waals surface area contributed by atoms with Crippen LogP contribution in [0.15, 0.2) is 54.6 Å². The Labute approximate surface area is 119 Å². The van der Waals surface area contributed by atoms with Crippen LogP contribution < -0.4 is 4.90 Å². The van der Waals surface area contributed by atoms with Crippen LogP contribution in [-0.2, 0) is 5.60 Å². The second kappa shape index (κ2) is 5.77. The van der Waals surface area contributed by atoms with E-state index >= 15 is 0 Å². The Morgan fingerprint density at radius 3 is 2.50 bits per heavy atom. The molecule has 2 aromatic rings. The van der Waals surface area contributed by atoms with E-state index in [2.05, 4.69) is 6.07 Å². The summed E-state index contributed by atoms with van der Waals surface area (Å²) in [6.45, 7) is 2.25. The smallest absolute Gasteiger partial charge is 0.104 e. The summed E-state index contributed by atoms with van der Waals surface area (Å²) in [6.07, 6.45) is 0. The molecule has 1 unspecified atom stereocenters. The first-order valence-corrected chi connectivity index (χ1v) is 6.52. The third-order valence-corrected chi connectivity index (χ3v) is 3.36. The van der Waals surface area contributed by atoms with Crippen molar-refractivity contribution in [3.8, 4) is 6.07 Å². The number of benzene rings is 2. The molecule has 0 fully saturated rings. The number of hydrogen-bond acceptors (Lipinski definition) is 3. The molecule has 0 aliphatic rings. The van der Waals surface area contributed by atoms with Gasteiger partial charge in [0.2, 0.25) is 0 Å². The summed E-state index contributed by atoms with van der Waals surface area (Å²) in [5, 5.41) is 19.6. The molecule has 0 aliphatic carbocycles. The van der Waals surface area contributed by atoms with E-state index in [1.54, 1.807) is 13.0 Å². The lowest BCUT2D eigenvalue weighted by Crippen LogP contribution is -2.36. The minimum atomic E-state index is -0.946. The number of likely N-dealkylation sites (N-methyl/N-ethyl adjacent to an activating group) is 1. The van der Waals surface area contributed by atoms with Crippen LogP contribution in [0.4, 0.5) is 5.69 Å². The van der Waals surface area contributed by atoms with E-state index in [1.165, 1.54) is 0 Å². The third-order valence-electron chi connectivity index (χ3n) is 3.36. The van der Waals surface area contributed by atoms with Gasteiger partial charge in [0.25, 0.3) is 0 Å². The predicted octanol–water partition coefficient (Wildman–Crippen LogP) is 2.90. The van der Waals surface area contributed by atoms with Crippen LogP contribution in [0.2, 0.25) is 0 Å². The molecule has 1 N–H and O–H groups in total. The van der Waals surface area contributed by atoms with Gasteiger partial charge in [-0.25, -0.2) is 0 Å². The van der Waals surface area contributed by atoms with Crippen molar-refractivity contribution in [2.45, 2.75) is 12.5 Å². The molecule has 0 heterocycles. The molecule has 0 saturated heterocycles. The molecule has 2 rings (SSSR count). The second-order valence-electron chi connectivity index (χ2n) is 5.16. The molecular formula is C17H18N2O. The highest BCUT2D eigenvalue weighted by Crippen LogP contribution is 2.24. The average molecular weight is 266 g/mol. The Balaban J connectivity index is 2.18. The first-order chi connectivity index (χ1) is 9.53. The lowest BCUT2D eigenvalue weighted by Gasteiger charge is -2.31. The lowest BCUT2D eigenvalue weighted by molar-refractivity contribution is 0.0656. The Hall–Kier alpha value is -2.31. The van der Waals surface area contributed by atoms with Gasteiger partial charge in [0.15, 0.2) is 0 Å². The summed E-state index contributed by atoms with van der Waals surface area (Å²) < 4.78 is 0. The van der Waals surface area contributed by atoms with Crippen molar-refractivity contribution in [2.24, 2.45) is 0 Å². The number of nitriles is 1. The molecule has 20 heavy (non-hydrogen) atoms. The van der Waals surface area contributed by atoms with E-state index in [0.29, 0.717) is 12.1 Å². The summed E-state index contributed by atoms with van der Waals surface area (Å²) in [4.78, 5) is 1.95. The van der Waals surface area contributed by atoms with Crippen molar-refractivity contribution in [3.63, 3.8) is 0 Å². The number of anilines is 1. The van der Waals surface area contributed by atoms with Gasteiger partial charge in [0, 0.05) is 12.7 Å². The quantitative estimate of drug-likeness (QED) is 0.925. The number of nitrogens with zero attached hydrogens (tertiary/aromatic N) is 2. The van der Waals surface area contributed by atoms with Crippen LogP contribution in [-0.4, -0.2) is 18.7 Å². The fourth-order valence-electron chi connectivity index (χ4n) is 2.25. The van der Waals surface area contributed by atoms with Crippen LogP contribution in [0.25, 0.3) is 0 Å². The molecule has 3 heteroatoms. The van der Waals surface area contributed by atoms with E-state index in [0.717, 1.165) is 11.3 Å². The zero-order chi connectivity index (χ0) is 14.6. The molecule has 0 amide bonds. The van der Waals surface area contributed by atoms with Crippen molar-refractivity contribution in [1.82, 2.24) is 0 Å². The molecule has 0 aromatic heterocycles. The fraction of sp³-hybridized carbons (Fsp3) is 0.235. The summed E-state index contributed by atoms with van der Waals surface area (Å²) in [7, 11) is 1.91. The van der Waals surface area contributed by atoms with Crippen molar-refractivity contribution in [1.29, 1.82) is 5.26 Å². The minimum Gasteiger partial charge on any atom is -0.384 e. The van der Waals surface area contributed by atoms with Gasteiger partial charge < -0.3 is 10.0 Å². The van der Waals surface area contributed by atoms with Crippen molar-refractivity contribution in [3.05, 3.63) is 65.7 Å². The Morgan fingerprint density at radius 2 is 1.85 bits per heavy atom. The Bertz CT molecular complexity index is 614. The summed E-state index contributed by atoms with van der Waals surface area (Å²) in [5.74, 6) is 0. The summed E-state index contributed by atoms with van der Waals surface area (Å²) >= 11 is 0. The van der Waals surface area contributed by atoms with Gasteiger partial charge in [-0.1, -0.05) is 36.4 Å². The summed E-state index contributed by atoms with van der Waals surface area (Å²) in [5.41, 5.74) is 1.47. The maximum absolute atomic E-state index is 10.6. The standard InChI is InChI=1S/C17H18N2O/c1-17(20,15-8-4-3-5-9-15)13-19(2)16-10-6-7-14(11-16)12-18/h3-11,20H,13H2,1-2H3. The predicted molar refractivity (Wildman–Crippen MR) is 80.4 cm³/mol. The number of hydrogen-bond donors (Lipinski definition) is 1. The molecule has 0 aliphatic heterocycles. The molecule has 0 radical (unpaired) electrons. The molecule has 0 spiro atoms. The number of aliphatic hydroxyl groups is 1. The molecule has 3 nitrogen and oxygen atoms in total. The van der Waals surface area contributed by atoms with Crippen LogP contribution in [0.1, 0.15) is 18.1 Å². The van der Waals surface area contributed by atoms with Gasteiger partial charge in [0.05, 0.1) is 18.2 Å². The zero-order valence-corrected chi connectivity index (χ0v) is 11.7. The highest BCUT2D eigenvalue weighted by Gasteiger charge is 2.24. The van der Waals surface area contributed by atoms with Crippen LogP contribution in [0.5, 0.6) is 0 Å². The van der Waals surface area contributed by atoms with Crippen LogP contribution >= 0.6 is 0 Å². The van der Waals surface area contributed by atoms with E-state index in [-0.39, 0.29) is 0 Å². The molecule has 102 valence electrons. The molecular weight excluding hydrogens is 248 g/mol. The van der Waals surface area contributed by atoms with E-state index in [9.17, 15) is 5.11 Å². The SMILES string of the molecule is CN(CC(C)(O)c1ccccc1)c1cccc(C#N)c1. The highest BCUT2D eigenvalue weighted by molar-refractivity contribution is 5.51. The average Bonchev–Trinajstić information content (AvgIpc) is 2.48. The third kappa shape index (κ3) is 3.17. The van der Waals surface area contributed by atoms with Gasteiger partial charge in [-0.2, -0.15) is 5.26 Å². The zero-order valence-electron chi connectivity index (χ0n) is 11.7. The first kappa shape index (κ1) is 14.1. The van der Waals surface area contributed by atoms with Gasteiger partial charge in [0.1, 0.15) is 5.60 Å². The van der Waals surface area contributed by atoms with Gasteiger partial charge >= 0.3 is 0 Å². The maximum Gasteiger partial charge on any atom is 0.104 e. The molecule has 2 aromatic carbocycles. The minimum absolute atomic E-state index is 0.450. The van der Waals surface area contributed by atoms with Crippen molar-refractivity contribution < 1.29 is 5.11 Å².